The van der Waals surface area contributed by atoms with Crippen molar-refractivity contribution in [2.24, 2.45) is 0 Å². The summed E-state index contributed by atoms with van der Waals surface area (Å²) < 4.78 is 4.86. The zero-order valence-electron chi connectivity index (χ0n) is 13.6. The molecule has 0 bridgehead atoms. The van der Waals surface area contributed by atoms with Crippen LogP contribution in [0.2, 0.25) is 0 Å². The number of amides is 2. The smallest absolute Gasteiger partial charge is 0.260 e. The van der Waals surface area contributed by atoms with Gasteiger partial charge in [0.1, 0.15) is 11.3 Å². The third kappa shape index (κ3) is 5.68. The lowest BCUT2D eigenvalue weighted by molar-refractivity contribution is -0.116. The molecule has 0 fully saturated rings. The second-order valence-corrected chi connectivity index (χ2v) is 5.08. The van der Waals surface area contributed by atoms with Gasteiger partial charge in [0.05, 0.1) is 6.20 Å². The van der Waals surface area contributed by atoms with Crippen molar-refractivity contribution in [2.75, 3.05) is 24.2 Å². The first-order valence-corrected chi connectivity index (χ1v) is 7.37. The largest absolute Gasteiger partial charge is 0.361 e. The van der Waals surface area contributed by atoms with E-state index < -0.39 is 0 Å². The van der Waals surface area contributed by atoms with Gasteiger partial charge in [-0.05, 0) is 51.2 Å². The van der Waals surface area contributed by atoms with Gasteiger partial charge in [-0.25, -0.2) is 0 Å². The molecule has 1 aromatic carbocycles. The van der Waals surface area contributed by atoms with E-state index in [-0.39, 0.29) is 24.2 Å². The van der Waals surface area contributed by atoms with E-state index in [1.807, 2.05) is 7.05 Å². The normalized spacial score (nSPS) is 9.92. The molecule has 0 radical (unpaired) electrons. The number of rotatable bonds is 7. The van der Waals surface area contributed by atoms with Crippen molar-refractivity contribution >= 4 is 35.6 Å². The SMILES string of the molecule is CNCCCC(=O)Nc1ccc(NC(=O)c2cnoc2C)cc1.Cl. The molecule has 2 rings (SSSR count). The highest BCUT2D eigenvalue weighted by atomic mass is 35.5. The Bertz CT molecular complexity index is 670. The topological polar surface area (TPSA) is 96.3 Å². The van der Waals surface area contributed by atoms with Crippen LogP contribution in [0.5, 0.6) is 0 Å². The molecular weight excluding hydrogens is 332 g/mol. The molecule has 1 heterocycles. The van der Waals surface area contributed by atoms with E-state index in [4.69, 9.17) is 4.52 Å². The molecule has 0 spiro atoms. The Labute approximate surface area is 146 Å². The molecule has 0 aliphatic heterocycles. The van der Waals surface area contributed by atoms with Crippen molar-refractivity contribution in [1.82, 2.24) is 10.5 Å². The van der Waals surface area contributed by atoms with Gasteiger partial charge in [-0.2, -0.15) is 0 Å². The third-order valence-electron chi connectivity index (χ3n) is 3.25. The number of nitrogens with one attached hydrogen (secondary N) is 3. The number of hydrogen-bond acceptors (Lipinski definition) is 5. The van der Waals surface area contributed by atoms with E-state index in [0.717, 1.165) is 13.0 Å². The van der Waals surface area contributed by atoms with Gasteiger partial charge in [-0.15, -0.1) is 12.4 Å². The molecular formula is C16H21ClN4O3. The minimum Gasteiger partial charge on any atom is -0.361 e. The van der Waals surface area contributed by atoms with Crippen LogP contribution in [0.3, 0.4) is 0 Å². The molecule has 0 saturated carbocycles. The van der Waals surface area contributed by atoms with Crippen LogP contribution in [-0.2, 0) is 4.79 Å². The van der Waals surface area contributed by atoms with Gasteiger partial charge < -0.3 is 20.5 Å². The lowest BCUT2D eigenvalue weighted by atomic mass is 10.2. The van der Waals surface area contributed by atoms with Crippen molar-refractivity contribution < 1.29 is 14.1 Å². The van der Waals surface area contributed by atoms with E-state index in [1.54, 1.807) is 31.2 Å². The van der Waals surface area contributed by atoms with Gasteiger partial charge in [0.15, 0.2) is 0 Å². The van der Waals surface area contributed by atoms with Gasteiger partial charge in [0.2, 0.25) is 5.91 Å². The Kier molecular flexibility index (Phi) is 7.94. The number of hydrogen-bond donors (Lipinski definition) is 3. The van der Waals surface area contributed by atoms with Crippen molar-refractivity contribution in [3.63, 3.8) is 0 Å². The molecule has 0 aliphatic rings. The Morgan fingerprint density at radius 1 is 1.12 bits per heavy atom. The third-order valence-corrected chi connectivity index (χ3v) is 3.25. The van der Waals surface area contributed by atoms with Gasteiger partial charge in [0, 0.05) is 17.8 Å². The number of nitrogens with zero attached hydrogens (tertiary/aromatic N) is 1. The van der Waals surface area contributed by atoms with Crippen LogP contribution < -0.4 is 16.0 Å². The molecule has 3 N–H and O–H groups in total. The first kappa shape index (κ1) is 19.7. The van der Waals surface area contributed by atoms with Gasteiger partial charge in [0.25, 0.3) is 5.91 Å². The summed E-state index contributed by atoms with van der Waals surface area (Å²) in [5.74, 6) is 0.151. The summed E-state index contributed by atoms with van der Waals surface area (Å²) in [7, 11) is 1.85. The van der Waals surface area contributed by atoms with Gasteiger partial charge >= 0.3 is 0 Å². The van der Waals surface area contributed by atoms with E-state index >= 15 is 0 Å². The van der Waals surface area contributed by atoms with Crippen LogP contribution in [-0.4, -0.2) is 30.6 Å². The van der Waals surface area contributed by atoms with Crippen molar-refractivity contribution in [2.45, 2.75) is 19.8 Å². The lowest BCUT2D eigenvalue weighted by Gasteiger charge is -2.07. The molecule has 24 heavy (non-hydrogen) atoms. The summed E-state index contributed by atoms with van der Waals surface area (Å²) in [4.78, 5) is 23.7. The minimum absolute atomic E-state index is 0. The van der Waals surface area contributed by atoms with E-state index in [0.29, 0.717) is 29.1 Å². The van der Waals surface area contributed by atoms with Crippen LogP contribution in [0.25, 0.3) is 0 Å². The molecule has 2 aromatic rings. The fourth-order valence-electron chi connectivity index (χ4n) is 2.00. The molecule has 2 amide bonds. The summed E-state index contributed by atoms with van der Waals surface area (Å²) in [5, 5.41) is 12.1. The van der Waals surface area contributed by atoms with Crippen molar-refractivity contribution in [3.8, 4) is 0 Å². The minimum atomic E-state index is -0.285. The Balaban J connectivity index is 0.00000288. The Morgan fingerprint density at radius 2 is 1.75 bits per heavy atom. The Hall–Kier alpha value is -2.38. The fraction of sp³-hybridized carbons (Fsp3) is 0.312. The lowest BCUT2D eigenvalue weighted by Crippen LogP contribution is -2.15. The summed E-state index contributed by atoms with van der Waals surface area (Å²) in [6, 6.07) is 6.94. The molecule has 0 aliphatic carbocycles. The molecule has 0 unspecified atom stereocenters. The zero-order chi connectivity index (χ0) is 16.7. The van der Waals surface area contributed by atoms with E-state index in [2.05, 4.69) is 21.1 Å². The first-order chi connectivity index (χ1) is 11.1. The number of benzene rings is 1. The predicted octanol–water partition coefficient (Wildman–Crippen LogP) is 2.60. The molecule has 7 nitrogen and oxygen atoms in total. The van der Waals surface area contributed by atoms with E-state index in [9.17, 15) is 9.59 Å². The van der Waals surface area contributed by atoms with Crippen LogP contribution in [0.4, 0.5) is 11.4 Å². The highest BCUT2D eigenvalue weighted by Gasteiger charge is 2.12. The number of aryl methyl sites for hydroxylation is 1. The average Bonchev–Trinajstić information content (AvgIpc) is 2.96. The quantitative estimate of drug-likeness (QED) is 0.665. The number of halogens is 1. The van der Waals surface area contributed by atoms with Crippen molar-refractivity contribution in [1.29, 1.82) is 0 Å². The highest BCUT2D eigenvalue weighted by Crippen LogP contribution is 2.16. The van der Waals surface area contributed by atoms with Crippen LogP contribution >= 0.6 is 12.4 Å². The Morgan fingerprint density at radius 3 is 2.29 bits per heavy atom. The van der Waals surface area contributed by atoms with Gasteiger partial charge in [-0.1, -0.05) is 5.16 Å². The highest BCUT2D eigenvalue weighted by molar-refractivity contribution is 6.04. The molecule has 8 heteroatoms. The summed E-state index contributed by atoms with van der Waals surface area (Å²) in [5.41, 5.74) is 1.72. The maximum Gasteiger partial charge on any atom is 0.260 e. The van der Waals surface area contributed by atoms with E-state index in [1.165, 1.54) is 6.20 Å². The summed E-state index contributed by atoms with van der Waals surface area (Å²) in [6.45, 7) is 2.48. The van der Waals surface area contributed by atoms with Crippen LogP contribution in [0, 0.1) is 6.92 Å². The summed E-state index contributed by atoms with van der Waals surface area (Å²) in [6.07, 6.45) is 2.63. The zero-order valence-corrected chi connectivity index (χ0v) is 14.4. The van der Waals surface area contributed by atoms with Crippen LogP contribution in [0.15, 0.2) is 35.0 Å². The maximum absolute atomic E-state index is 12.0. The standard InChI is InChI=1S/C16H20N4O3.ClH/c1-11-14(10-18-23-11)16(22)20-13-7-5-12(6-8-13)19-15(21)4-3-9-17-2;/h5-8,10,17H,3-4,9H2,1-2H3,(H,19,21)(H,20,22);1H. The average molecular weight is 353 g/mol. The fourth-order valence-corrected chi connectivity index (χ4v) is 2.00. The second-order valence-electron chi connectivity index (χ2n) is 5.08. The monoisotopic (exact) mass is 352 g/mol. The molecule has 0 saturated heterocycles. The molecule has 130 valence electrons. The van der Waals surface area contributed by atoms with Crippen molar-refractivity contribution in [3.05, 3.63) is 41.8 Å². The van der Waals surface area contributed by atoms with Gasteiger partial charge in [-0.3, -0.25) is 9.59 Å². The first-order valence-electron chi connectivity index (χ1n) is 7.37. The predicted molar refractivity (Wildman–Crippen MR) is 94.7 cm³/mol. The maximum atomic E-state index is 12.0. The van der Waals surface area contributed by atoms with Crippen LogP contribution in [0.1, 0.15) is 29.0 Å². The number of anilines is 2. The second kappa shape index (κ2) is 9.69. The number of aromatic nitrogens is 1. The number of carbonyl (C=O) groups excluding carboxylic acids is 2. The number of carbonyl (C=O) groups is 2. The molecule has 1 aromatic heterocycles. The molecule has 0 atom stereocenters. The summed E-state index contributed by atoms with van der Waals surface area (Å²) >= 11 is 0.